The van der Waals surface area contributed by atoms with Crippen LogP contribution in [0.3, 0.4) is 0 Å². The van der Waals surface area contributed by atoms with Crippen molar-refractivity contribution in [3.63, 3.8) is 0 Å². The van der Waals surface area contributed by atoms with Gasteiger partial charge in [-0.1, -0.05) is 17.7 Å². The fourth-order valence-corrected chi connectivity index (χ4v) is 4.41. The van der Waals surface area contributed by atoms with Crippen LogP contribution in [0.5, 0.6) is 0 Å². The quantitative estimate of drug-likeness (QED) is 0.583. The third-order valence-corrected chi connectivity index (χ3v) is 6.62. The molecule has 0 unspecified atom stereocenters. The first kappa shape index (κ1) is 21.5. The van der Waals surface area contributed by atoms with Crippen molar-refractivity contribution in [2.24, 2.45) is 0 Å². The zero-order chi connectivity index (χ0) is 21.7. The topological polar surface area (TPSA) is 93.5 Å². The van der Waals surface area contributed by atoms with E-state index in [0.29, 0.717) is 18.8 Å². The molecule has 1 fully saturated rings. The van der Waals surface area contributed by atoms with E-state index in [2.05, 4.69) is 5.32 Å². The molecule has 1 aliphatic rings. The first-order valence-electron chi connectivity index (χ1n) is 9.29. The van der Waals surface area contributed by atoms with Crippen LogP contribution in [0.1, 0.15) is 5.56 Å². The van der Waals surface area contributed by atoms with Crippen LogP contribution >= 0.6 is 0 Å². The predicted octanol–water partition coefficient (Wildman–Crippen LogP) is 2.49. The molecule has 9 heteroatoms. The molecule has 0 aliphatic carbocycles. The summed E-state index contributed by atoms with van der Waals surface area (Å²) in [5.74, 6) is -1.04. The van der Waals surface area contributed by atoms with Crippen LogP contribution in [0.2, 0.25) is 0 Å². The highest BCUT2D eigenvalue weighted by Crippen LogP contribution is 2.19. The van der Waals surface area contributed by atoms with Crippen LogP contribution in [-0.2, 0) is 14.8 Å². The molecule has 2 aromatic rings. The average molecular weight is 428 g/mol. The summed E-state index contributed by atoms with van der Waals surface area (Å²) >= 11 is 0. The molecule has 7 nitrogen and oxygen atoms in total. The third-order valence-electron chi connectivity index (χ3n) is 4.71. The number of anilines is 1. The minimum absolute atomic E-state index is 0.117. The Hall–Kier alpha value is -3.22. The molecule has 0 aromatic heterocycles. The number of sulfonamides is 1. The van der Waals surface area contributed by atoms with Gasteiger partial charge in [-0.15, -0.1) is 0 Å². The van der Waals surface area contributed by atoms with Crippen molar-refractivity contribution in [2.45, 2.75) is 11.8 Å². The van der Waals surface area contributed by atoms with Crippen molar-refractivity contribution in [2.75, 3.05) is 31.5 Å². The number of hydrogen-bond donors (Lipinski definition) is 1. The van der Waals surface area contributed by atoms with Gasteiger partial charge in [0, 0.05) is 38.1 Å². The summed E-state index contributed by atoms with van der Waals surface area (Å²) in [4.78, 5) is 14.3. The molecule has 3 rings (SSSR count). The van der Waals surface area contributed by atoms with Crippen molar-refractivity contribution in [1.29, 1.82) is 5.26 Å². The Morgan fingerprint density at radius 3 is 2.23 bits per heavy atom. The van der Waals surface area contributed by atoms with Gasteiger partial charge in [-0.05, 0) is 43.3 Å². The van der Waals surface area contributed by atoms with Crippen LogP contribution in [0.25, 0.3) is 0 Å². The van der Waals surface area contributed by atoms with Gasteiger partial charge in [0.2, 0.25) is 10.0 Å². The highest BCUT2D eigenvalue weighted by molar-refractivity contribution is 7.89. The van der Waals surface area contributed by atoms with Crippen molar-refractivity contribution in [1.82, 2.24) is 9.21 Å². The van der Waals surface area contributed by atoms with Gasteiger partial charge >= 0.3 is 0 Å². The Kier molecular flexibility index (Phi) is 6.50. The number of nitrogens with one attached hydrogen (secondary N) is 1. The largest absolute Gasteiger partial charge is 0.373 e. The van der Waals surface area contributed by atoms with Crippen molar-refractivity contribution < 1.29 is 17.6 Å². The molecule has 2 aromatic carbocycles. The Labute approximate surface area is 175 Å². The van der Waals surface area contributed by atoms with Crippen LogP contribution in [-0.4, -0.2) is 49.7 Å². The molecule has 1 N–H and O–H groups in total. The van der Waals surface area contributed by atoms with Crippen LogP contribution in [0, 0.1) is 24.1 Å². The summed E-state index contributed by atoms with van der Waals surface area (Å²) in [6.45, 7) is 3.07. The lowest BCUT2D eigenvalue weighted by Crippen LogP contribution is -2.46. The maximum atomic E-state index is 13.0. The highest BCUT2D eigenvalue weighted by atomic mass is 32.2. The number of benzene rings is 2. The van der Waals surface area contributed by atoms with Crippen molar-refractivity contribution in [3.8, 4) is 6.07 Å². The number of amides is 1. The van der Waals surface area contributed by atoms with E-state index in [4.69, 9.17) is 0 Å². The molecular formula is C21H21FN4O3S. The molecule has 0 atom stereocenters. The first-order chi connectivity index (χ1) is 14.3. The standard InChI is InChI=1S/C21H21FN4O3S/c1-16-2-8-20(9-3-16)30(28,29)26-12-10-25(11-13-26)15-17(14-23)21(27)24-19-6-4-18(22)5-7-19/h2-9,15H,10-13H2,1H3,(H,24,27)/b17-15-. The maximum absolute atomic E-state index is 13.0. The maximum Gasteiger partial charge on any atom is 0.267 e. The molecule has 1 amide bonds. The number of hydrogen-bond acceptors (Lipinski definition) is 5. The van der Waals surface area contributed by atoms with Gasteiger partial charge in [0.1, 0.15) is 17.5 Å². The second-order valence-corrected chi connectivity index (χ2v) is 8.81. The van der Waals surface area contributed by atoms with Crippen molar-refractivity contribution >= 4 is 21.6 Å². The lowest BCUT2D eigenvalue weighted by atomic mass is 10.2. The molecule has 0 bridgehead atoms. The molecule has 1 aliphatic heterocycles. The summed E-state index contributed by atoms with van der Waals surface area (Å²) in [6.07, 6.45) is 1.43. The Bertz CT molecular complexity index is 1080. The monoisotopic (exact) mass is 428 g/mol. The molecule has 1 saturated heterocycles. The lowest BCUT2D eigenvalue weighted by Gasteiger charge is -2.33. The van der Waals surface area contributed by atoms with Crippen LogP contribution in [0.15, 0.2) is 65.2 Å². The summed E-state index contributed by atoms with van der Waals surface area (Å²) in [6, 6.07) is 13.8. The Balaban J connectivity index is 1.63. The van der Waals surface area contributed by atoms with E-state index in [1.54, 1.807) is 29.2 Å². The SMILES string of the molecule is Cc1ccc(S(=O)(=O)N2CCN(/C=C(/C#N)C(=O)Nc3ccc(F)cc3)CC2)cc1. The summed E-state index contributed by atoms with van der Waals surface area (Å²) < 4.78 is 39.9. The Morgan fingerprint density at radius 2 is 1.67 bits per heavy atom. The van der Waals surface area contributed by atoms with Crippen LogP contribution in [0.4, 0.5) is 10.1 Å². The number of carbonyl (C=O) groups is 1. The molecule has 0 saturated carbocycles. The van der Waals surface area contributed by atoms with Crippen LogP contribution < -0.4 is 5.32 Å². The molecule has 1 heterocycles. The number of aryl methyl sites for hydroxylation is 1. The van der Waals surface area contributed by atoms with Gasteiger partial charge in [0.15, 0.2) is 0 Å². The van der Waals surface area contributed by atoms with Gasteiger partial charge in [0.05, 0.1) is 4.90 Å². The summed E-state index contributed by atoms with van der Waals surface area (Å²) in [5.41, 5.74) is 1.23. The van der Waals surface area contributed by atoms with Gasteiger partial charge in [-0.25, -0.2) is 12.8 Å². The normalized spacial score (nSPS) is 15.5. The zero-order valence-electron chi connectivity index (χ0n) is 16.4. The number of piperazine rings is 1. The average Bonchev–Trinajstić information content (AvgIpc) is 2.74. The smallest absolute Gasteiger partial charge is 0.267 e. The molecule has 30 heavy (non-hydrogen) atoms. The van der Waals surface area contributed by atoms with Crippen molar-refractivity contribution in [3.05, 3.63) is 71.7 Å². The lowest BCUT2D eigenvalue weighted by molar-refractivity contribution is -0.112. The van der Waals surface area contributed by atoms with Gasteiger partial charge < -0.3 is 10.2 Å². The molecule has 0 spiro atoms. The highest BCUT2D eigenvalue weighted by Gasteiger charge is 2.28. The van der Waals surface area contributed by atoms with Gasteiger partial charge in [-0.3, -0.25) is 4.79 Å². The Morgan fingerprint density at radius 1 is 1.07 bits per heavy atom. The number of nitrogens with zero attached hydrogens (tertiary/aromatic N) is 3. The van der Waals surface area contributed by atoms with E-state index < -0.39 is 21.7 Å². The second kappa shape index (κ2) is 9.07. The number of rotatable bonds is 5. The zero-order valence-corrected chi connectivity index (χ0v) is 17.2. The fraction of sp³-hybridized carbons (Fsp3) is 0.238. The summed E-state index contributed by atoms with van der Waals surface area (Å²) in [7, 11) is -3.59. The first-order valence-corrected chi connectivity index (χ1v) is 10.7. The van der Waals surface area contributed by atoms with E-state index in [1.807, 2.05) is 13.0 Å². The van der Waals surface area contributed by atoms with E-state index in [9.17, 15) is 22.9 Å². The predicted molar refractivity (Wildman–Crippen MR) is 110 cm³/mol. The number of nitriles is 1. The molecule has 156 valence electrons. The number of carbonyl (C=O) groups excluding carboxylic acids is 1. The molecule has 0 radical (unpaired) electrons. The van der Waals surface area contributed by atoms with Gasteiger partial charge in [0.25, 0.3) is 5.91 Å². The van der Waals surface area contributed by atoms with E-state index >= 15 is 0 Å². The van der Waals surface area contributed by atoms with E-state index in [-0.39, 0.29) is 23.6 Å². The van der Waals surface area contributed by atoms with E-state index in [0.717, 1.165) is 5.56 Å². The van der Waals surface area contributed by atoms with Gasteiger partial charge in [-0.2, -0.15) is 9.57 Å². The van der Waals surface area contributed by atoms with E-state index in [1.165, 1.54) is 34.8 Å². The number of halogens is 1. The summed E-state index contributed by atoms with van der Waals surface area (Å²) in [5, 5.41) is 11.9. The second-order valence-electron chi connectivity index (χ2n) is 6.87. The minimum Gasteiger partial charge on any atom is -0.373 e. The fourth-order valence-electron chi connectivity index (χ4n) is 2.98. The molecular weight excluding hydrogens is 407 g/mol. The third kappa shape index (κ3) is 5.03. The minimum atomic E-state index is -3.59.